The molecule has 0 amide bonds. The number of aliphatic hydroxyl groups is 1. The molecule has 0 spiro atoms. The molecule has 0 unspecified atom stereocenters. The highest BCUT2D eigenvalue weighted by Gasteiger charge is 2.20. The first-order valence-corrected chi connectivity index (χ1v) is 7.10. The Morgan fingerprint density at radius 1 is 1.23 bits per heavy atom. The monoisotopic (exact) mass is 298 g/mol. The van der Waals surface area contributed by atoms with E-state index in [1.54, 1.807) is 43.3 Å². The molecule has 0 aliphatic carbocycles. The lowest BCUT2D eigenvalue weighted by molar-refractivity contribution is 0.0568. The minimum absolute atomic E-state index is 0.362. The van der Waals surface area contributed by atoms with Gasteiger partial charge in [-0.1, -0.05) is 0 Å². The Hall–Kier alpha value is -2.47. The van der Waals surface area contributed by atoms with Crippen molar-refractivity contribution in [1.82, 2.24) is 19.7 Å². The number of furan rings is 1. The van der Waals surface area contributed by atoms with Crippen LogP contribution < -0.4 is 0 Å². The SMILES string of the molecule is CC(C)(O)Cn1nc(-c2ccco2)nc1Cc1ccncc1. The second kappa shape index (κ2) is 5.73. The van der Waals surface area contributed by atoms with Crippen LogP contribution in [0, 0.1) is 0 Å². The van der Waals surface area contributed by atoms with Crippen LogP contribution in [-0.4, -0.2) is 30.5 Å². The summed E-state index contributed by atoms with van der Waals surface area (Å²) in [5.74, 6) is 1.92. The van der Waals surface area contributed by atoms with E-state index < -0.39 is 5.60 Å². The van der Waals surface area contributed by atoms with Gasteiger partial charge in [-0.05, 0) is 43.7 Å². The molecule has 0 bridgehead atoms. The molecule has 6 heteroatoms. The van der Waals surface area contributed by atoms with Crippen molar-refractivity contribution in [2.24, 2.45) is 0 Å². The zero-order valence-electron chi connectivity index (χ0n) is 12.6. The maximum atomic E-state index is 10.1. The summed E-state index contributed by atoms with van der Waals surface area (Å²) in [4.78, 5) is 8.58. The van der Waals surface area contributed by atoms with Crippen LogP contribution in [0.5, 0.6) is 0 Å². The van der Waals surface area contributed by atoms with Crippen molar-refractivity contribution in [1.29, 1.82) is 0 Å². The van der Waals surface area contributed by atoms with Crippen LogP contribution in [0.15, 0.2) is 47.3 Å². The predicted octanol–water partition coefficient (Wildman–Crippen LogP) is 2.29. The summed E-state index contributed by atoms with van der Waals surface area (Å²) in [7, 11) is 0. The van der Waals surface area contributed by atoms with Crippen molar-refractivity contribution in [3.63, 3.8) is 0 Å². The van der Waals surface area contributed by atoms with Gasteiger partial charge in [0.25, 0.3) is 0 Å². The molecule has 3 aromatic rings. The number of hydrogen-bond acceptors (Lipinski definition) is 5. The predicted molar refractivity (Wildman–Crippen MR) is 81.1 cm³/mol. The first kappa shape index (κ1) is 14.5. The lowest BCUT2D eigenvalue weighted by Crippen LogP contribution is -2.28. The molecule has 0 saturated carbocycles. The van der Waals surface area contributed by atoms with E-state index in [-0.39, 0.29) is 0 Å². The number of hydrogen-bond donors (Lipinski definition) is 1. The Labute approximate surface area is 128 Å². The van der Waals surface area contributed by atoms with E-state index in [2.05, 4.69) is 15.1 Å². The van der Waals surface area contributed by atoms with Gasteiger partial charge in [-0.25, -0.2) is 9.67 Å². The van der Waals surface area contributed by atoms with Crippen LogP contribution in [0.2, 0.25) is 0 Å². The minimum Gasteiger partial charge on any atom is -0.461 e. The van der Waals surface area contributed by atoms with Gasteiger partial charge in [-0.15, -0.1) is 5.10 Å². The fourth-order valence-corrected chi connectivity index (χ4v) is 2.19. The third-order valence-electron chi connectivity index (χ3n) is 3.14. The molecule has 114 valence electrons. The van der Waals surface area contributed by atoms with Crippen molar-refractivity contribution in [2.75, 3.05) is 0 Å². The van der Waals surface area contributed by atoms with Gasteiger partial charge in [-0.2, -0.15) is 0 Å². The van der Waals surface area contributed by atoms with Gasteiger partial charge in [0.1, 0.15) is 5.82 Å². The highest BCUT2D eigenvalue weighted by atomic mass is 16.3. The lowest BCUT2D eigenvalue weighted by Gasteiger charge is -2.17. The number of aromatic nitrogens is 4. The summed E-state index contributed by atoms with van der Waals surface area (Å²) in [6.45, 7) is 3.86. The van der Waals surface area contributed by atoms with Crippen molar-refractivity contribution in [3.05, 3.63) is 54.3 Å². The minimum atomic E-state index is -0.874. The van der Waals surface area contributed by atoms with Crippen LogP contribution in [0.4, 0.5) is 0 Å². The van der Waals surface area contributed by atoms with Crippen molar-refractivity contribution in [2.45, 2.75) is 32.4 Å². The highest BCUT2D eigenvalue weighted by Crippen LogP contribution is 2.19. The molecule has 0 fully saturated rings. The molecule has 0 atom stereocenters. The second-order valence-corrected chi connectivity index (χ2v) is 5.83. The summed E-state index contributed by atoms with van der Waals surface area (Å²) in [6, 6.07) is 7.50. The third-order valence-corrected chi connectivity index (χ3v) is 3.14. The average molecular weight is 298 g/mol. The van der Waals surface area contributed by atoms with Crippen LogP contribution >= 0.6 is 0 Å². The smallest absolute Gasteiger partial charge is 0.217 e. The standard InChI is InChI=1S/C16H18N4O2/c1-16(2,21)11-20-14(10-12-5-7-17-8-6-12)18-15(19-20)13-4-3-9-22-13/h3-9,21H,10-11H2,1-2H3. The number of rotatable bonds is 5. The third kappa shape index (κ3) is 3.40. The van der Waals surface area contributed by atoms with E-state index in [0.717, 1.165) is 11.4 Å². The maximum absolute atomic E-state index is 10.1. The van der Waals surface area contributed by atoms with Gasteiger partial charge >= 0.3 is 0 Å². The van der Waals surface area contributed by atoms with Gasteiger partial charge in [-0.3, -0.25) is 4.98 Å². The Balaban J connectivity index is 1.95. The highest BCUT2D eigenvalue weighted by molar-refractivity contribution is 5.45. The van der Waals surface area contributed by atoms with Crippen LogP contribution in [0.1, 0.15) is 25.2 Å². The quantitative estimate of drug-likeness (QED) is 0.782. The molecular weight excluding hydrogens is 280 g/mol. The molecule has 6 nitrogen and oxygen atoms in total. The molecule has 3 aromatic heterocycles. The fourth-order valence-electron chi connectivity index (χ4n) is 2.19. The zero-order valence-corrected chi connectivity index (χ0v) is 12.6. The van der Waals surface area contributed by atoms with E-state index in [1.165, 1.54) is 0 Å². The van der Waals surface area contributed by atoms with Crippen molar-refractivity contribution < 1.29 is 9.52 Å². The molecule has 0 saturated heterocycles. The molecule has 1 N–H and O–H groups in total. The molecule has 0 aliphatic rings. The average Bonchev–Trinajstić information content (AvgIpc) is 3.09. The molecule has 0 aliphatic heterocycles. The van der Waals surface area contributed by atoms with Crippen LogP contribution in [-0.2, 0) is 13.0 Å². The number of pyridine rings is 1. The van der Waals surface area contributed by atoms with E-state index in [4.69, 9.17) is 4.42 Å². The van der Waals surface area contributed by atoms with E-state index in [0.29, 0.717) is 24.6 Å². The first-order valence-electron chi connectivity index (χ1n) is 7.10. The van der Waals surface area contributed by atoms with Crippen LogP contribution in [0.3, 0.4) is 0 Å². The van der Waals surface area contributed by atoms with Crippen molar-refractivity contribution >= 4 is 0 Å². The largest absolute Gasteiger partial charge is 0.461 e. The molecular formula is C16H18N4O2. The fraction of sp³-hybridized carbons (Fsp3) is 0.312. The first-order chi connectivity index (χ1) is 10.5. The maximum Gasteiger partial charge on any atom is 0.217 e. The van der Waals surface area contributed by atoms with Gasteiger partial charge in [0.05, 0.1) is 18.4 Å². The second-order valence-electron chi connectivity index (χ2n) is 5.83. The van der Waals surface area contributed by atoms with Crippen LogP contribution in [0.25, 0.3) is 11.6 Å². The van der Waals surface area contributed by atoms with E-state index in [9.17, 15) is 5.11 Å². The molecule has 0 radical (unpaired) electrons. The Morgan fingerprint density at radius 3 is 2.64 bits per heavy atom. The Kier molecular flexibility index (Phi) is 3.77. The lowest BCUT2D eigenvalue weighted by atomic mass is 10.1. The van der Waals surface area contributed by atoms with Gasteiger partial charge in [0.15, 0.2) is 5.76 Å². The number of nitrogens with zero attached hydrogens (tertiary/aromatic N) is 4. The van der Waals surface area contributed by atoms with Gasteiger partial charge in [0, 0.05) is 18.8 Å². The van der Waals surface area contributed by atoms with E-state index >= 15 is 0 Å². The Morgan fingerprint density at radius 2 is 2.00 bits per heavy atom. The molecule has 0 aromatic carbocycles. The topological polar surface area (TPSA) is 77.0 Å². The van der Waals surface area contributed by atoms with E-state index in [1.807, 2.05) is 18.2 Å². The normalized spacial score (nSPS) is 11.8. The van der Waals surface area contributed by atoms with Gasteiger partial charge in [0.2, 0.25) is 5.82 Å². The Bertz CT molecular complexity index is 727. The molecule has 3 heterocycles. The van der Waals surface area contributed by atoms with Gasteiger partial charge < -0.3 is 9.52 Å². The molecule has 22 heavy (non-hydrogen) atoms. The summed E-state index contributed by atoms with van der Waals surface area (Å²) in [6.07, 6.45) is 5.71. The molecule has 3 rings (SSSR count). The van der Waals surface area contributed by atoms with Crippen molar-refractivity contribution in [3.8, 4) is 11.6 Å². The summed E-state index contributed by atoms with van der Waals surface area (Å²) >= 11 is 0. The summed E-state index contributed by atoms with van der Waals surface area (Å²) < 4.78 is 7.09. The zero-order chi connectivity index (χ0) is 15.6. The summed E-state index contributed by atoms with van der Waals surface area (Å²) in [5.41, 5.74) is 0.214. The summed E-state index contributed by atoms with van der Waals surface area (Å²) in [5, 5.41) is 14.5.